The molecule has 20 heavy (non-hydrogen) atoms. The van der Waals surface area contributed by atoms with Gasteiger partial charge in [-0.3, -0.25) is 4.79 Å². The van der Waals surface area contributed by atoms with Crippen molar-refractivity contribution >= 4 is 23.2 Å². The molecule has 0 aromatic carbocycles. The molecule has 1 aromatic heterocycles. The summed E-state index contributed by atoms with van der Waals surface area (Å²) in [6, 6.07) is 1.62. The van der Waals surface area contributed by atoms with E-state index >= 15 is 0 Å². The number of thiophene rings is 1. The molecule has 0 N–H and O–H groups in total. The third-order valence-electron chi connectivity index (χ3n) is 4.19. The van der Waals surface area contributed by atoms with Gasteiger partial charge in [0.15, 0.2) is 0 Å². The Kier molecular flexibility index (Phi) is 3.78. The lowest BCUT2D eigenvalue weighted by molar-refractivity contribution is -0.147. The number of amides is 1. The number of nitrogens with zero attached hydrogens (tertiary/aromatic N) is 1. The lowest BCUT2D eigenvalue weighted by Gasteiger charge is -2.33. The van der Waals surface area contributed by atoms with Gasteiger partial charge < -0.3 is 9.64 Å². The first-order chi connectivity index (χ1) is 9.70. The molecular formula is C15H19NO3S. The van der Waals surface area contributed by atoms with Gasteiger partial charge in [0.1, 0.15) is 6.04 Å². The van der Waals surface area contributed by atoms with Gasteiger partial charge in [0.25, 0.3) is 5.91 Å². The number of fused-ring (bicyclic) bond motifs is 1. The molecule has 1 aliphatic carbocycles. The number of rotatable bonds is 2. The first-order valence-electron chi connectivity index (χ1n) is 7.21. The van der Waals surface area contributed by atoms with E-state index in [9.17, 15) is 9.59 Å². The quantitative estimate of drug-likeness (QED) is 0.787. The molecule has 0 radical (unpaired) electrons. The van der Waals surface area contributed by atoms with Gasteiger partial charge in [-0.2, -0.15) is 0 Å². The molecule has 3 rings (SSSR count). The summed E-state index contributed by atoms with van der Waals surface area (Å²) in [6.07, 6.45) is 6.02. The minimum Gasteiger partial charge on any atom is -0.467 e. The average Bonchev–Trinajstić information content (AvgIpc) is 3.07. The van der Waals surface area contributed by atoms with Gasteiger partial charge in [-0.05, 0) is 50.2 Å². The second-order valence-electron chi connectivity index (χ2n) is 5.45. The van der Waals surface area contributed by atoms with Crippen molar-refractivity contribution in [3.8, 4) is 0 Å². The number of methoxy groups -OCH3 is 1. The van der Waals surface area contributed by atoms with Crippen LogP contribution in [0.5, 0.6) is 0 Å². The second kappa shape index (κ2) is 5.56. The monoisotopic (exact) mass is 293 g/mol. The van der Waals surface area contributed by atoms with E-state index in [0.717, 1.165) is 30.6 Å². The zero-order valence-corrected chi connectivity index (χ0v) is 12.5. The van der Waals surface area contributed by atoms with E-state index < -0.39 is 6.04 Å². The summed E-state index contributed by atoms with van der Waals surface area (Å²) in [4.78, 5) is 28.3. The maximum absolute atomic E-state index is 12.7. The highest BCUT2D eigenvalue weighted by Gasteiger charge is 2.34. The van der Waals surface area contributed by atoms with E-state index in [0.29, 0.717) is 13.0 Å². The third-order valence-corrected chi connectivity index (χ3v) is 5.42. The van der Waals surface area contributed by atoms with Crippen molar-refractivity contribution < 1.29 is 14.3 Å². The summed E-state index contributed by atoms with van der Waals surface area (Å²) in [5.74, 6) is -0.290. The molecule has 1 atom stereocenters. The highest BCUT2D eigenvalue weighted by Crippen LogP contribution is 2.32. The van der Waals surface area contributed by atoms with E-state index in [1.54, 1.807) is 16.2 Å². The molecule has 1 aliphatic heterocycles. The van der Waals surface area contributed by atoms with Gasteiger partial charge in [-0.1, -0.05) is 0 Å². The number of likely N-dealkylation sites (tertiary alicyclic amines) is 1. The van der Waals surface area contributed by atoms with Crippen LogP contribution < -0.4 is 0 Å². The predicted octanol–water partition coefficient (Wildman–Crippen LogP) is 2.40. The normalized spacial score (nSPS) is 21.6. The van der Waals surface area contributed by atoms with E-state index in [2.05, 4.69) is 0 Å². The molecular weight excluding hydrogens is 274 g/mol. The van der Waals surface area contributed by atoms with Crippen molar-refractivity contribution in [2.45, 2.75) is 44.6 Å². The highest BCUT2D eigenvalue weighted by molar-refractivity contribution is 7.14. The van der Waals surface area contributed by atoms with E-state index in [1.165, 1.54) is 24.0 Å². The van der Waals surface area contributed by atoms with Crippen molar-refractivity contribution in [1.29, 1.82) is 0 Å². The van der Waals surface area contributed by atoms with Crippen LogP contribution in [-0.4, -0.2) is 36.5 Å². The Labute approximate surface area is 122 Å². The van der Waals surface area contributed by atoms with Gasteiger partial charge in [0.05, 0.1) is 12.0 Å². The lowest BCUT2D eigenvalue weighted by Crippen LogP contribution is -2.48. The topological polar surface area (TPSA) is 46.6 Å². The highest BCUT2D eigenvalue weighted by atomic mass is 32.1. The number of aryl methyl sites for hydroxylation is 2. The van der Waals surface area contributed by atoms with Crippen molar-refractivity contribution in [3.63, 3.8) is 0 Å². The number of carbonyl (C=O) groups excluding carboxylic acids is 2. The van der Waals surface area contributed by atoms with Crippen molar-refractivity contribution in [2.24, 2.45) is 0 Å². The van der Waals surface area contributed by atoms with Crippen molar-refractivity contribution in [1.82, 2.24) is 4.90 Å². The summed E-state index contributed by atoms with van der Waals surface area (Å²) < 4.78 is 4.84. The standard InChI is InChI=1S/C15H19NO3S/c1-19-15(18)11-6-2-3-8-16(11)14(17)13-9-10-5-4-7-12(10)20-13/h9,11H,2-8H2,1H3. The molecule has 0 spiro atoms. The first-order valence-corrected chi connectivity index (χ1v) is 8.02. The zero-order chi connectivity index (χ0) is 14.1. The zero-order valence-electron chi connectivity index (χ0n) is 11.7. The fourth-order valence-electron chi connectivity index (χ4n) is 3.13. The van der Waals surface area contributed by atoms with Crippen LogP contribution in [0.15, 0.2) is 6.07 Å². The number of hydrogen-bond donors (Lipinski definition) is 0. The number of ether oxygens (including phenoxy) is 1. The molecule has 108 valence electrons. The van der Waals surface area contributed by atoms with Gasteiger partial charge in [-0.15, -0.1) is 11.3 Å². The number of piperidine rings is 1. The maximum atomic E-state index is 12.7. The van der Waals surface area contributed by atoms with Gasteiger partial charge in [0, 0.05) is 11.4 Å². The third kappa shape index (κ3) is 2.35. The summed E-state index contributed by atoms with van der Waals surface area (Å²) >= 11 is 1.60. The molecule has 0 saturated carbocycles. The molecule has 2 aliphatic rings. The predicted molar refractivity (Wildman–Crippen MR) is 77.0 cm³/mol. The molecule has 1 unspecified atom stereocenters. The number of hydrogen-bond acceptors (Lipinski definition) is 4. The Morgan fingerprint density at radius 1 is 1.30 bits per heavy atom. The first kappa shape index (κ1) is 13.6. The van der Waals surface area contributed by atoms with Crippen molar-refractivity contribution in [2.75, 3.05) is 13.7 Å². The minimum absolute atomic E-state index is 0.000463. The summed E-state index contributed by atoms with van der Waals surface area (Å²) in [7, 11) is 1.39. The van der Waals surface area contributed by atoms with Crippen LogP contribution in [0.25, 0.3) is 0 Å². The van der Waals surface area contributed by atoms with Crippen LogP contribution in [-0.2, 0) is 22.4 Å². The Morgan fingerprint density at radius 3 is 2.90 bits per heavy atom. The number of esters is 1. The van der Waals surface area contributed by atoms with Crippen molar-refractivity contribution in [3.05, 3.63) is 21.4 Å². The Balaban J connectivity index is 1.81. The minimum atomic E-state index is -0.404. The van der Waals surface area contributed by atoms with Gasteiger partial charge in [-0.25, -0.2) is 4.79 Å². The molecule has 1 aromatic rings. The Morgan fingerprint density at radius 2 is 2.15 bits per heavy atom. The molecule has 2 heterocycles. The van der Waals surface area contributed by atoms with E-state index in [1.807, 2.05) is 6.07 Å². The Hall–Kier alpha value is -1.36. The van der Waals surface area contributed by atoms with Gasteiger partial charge in [0.2, 0.25) is 0 Å². The fraction of sp³-hybridized carbons (Fsp3) is 0.600. The SMILES string of the molecule is COC(=O)C1CCCCN1C(=O)c1cc2c(s1)CCC2. The Bertz CT molecular complexity index is 516. The summed E-state index contributed by atoms with van der Waals surface area (Å²) in [6.45, 7) is 0.654. The molecule has 1 fully saturated rings. The summed E-state index contributed by atoms with van der Waals surface area (Å²) in [5.41, 5.74) is 1.32. The fourth-order valence-corrected chi connectivity index (χ4v) is 4.34. The molecule has 4 nitrogen and oxygen atoms in total. The number of carbonyl (C=O) groups is 2. The maximum Gasteiger partial charge on any atom is 0.328 e. The van der Waals surface area contributed by atoms with Crippen LogP contribution >= 0.6 is 11.3 Å². The molecule has 1 saturated heterocycles. The molecule has 1 amide bonds. The van der Waals surface area contributed by atoms with Crippen LogP contribution in [0.2, 0.25) is 0 Å². The van der Waals surface area contributed by atoms with E-state index in [-0.39, 0.29) is 11.9 Å². The average molecular weight is 293 g/mol. The van der Waals surface area contributed by atoms with Gasteiger partial charge >= 0.3 is 5.97 Å². The lowest BCUT2D eigenvalue weighted by atomic mass is 10.0. The largest absolute Gasteiger partial charge is 0.467 e. The van der Waals surface area contributed by atoms with Crippen LogP contribution in [0.3, 0.4) is 0 Å². The van der Waals surface area contributed by atoms with E-state index in [4.69, 9.17) is 4.74 Å². The van der Waals surface area contributed by atoms with Crippen LogP contribution in [0.4, 0.5) is 0 Å². The molecule has 0 bridgehead atoms. The van der Waals surface area contributed by atoms with Crippen LogP contribution in [0.1, 0.15) is 45.8 Å². The summed E-state index contributed by atoms with van der Waals surface area (Å²) in [5, 5.41) is 0. The second-order valence-corrected chi connectivity index (χ2v) is 6.58. The smallest absolute Gasteiger partial charge is 0.328 e. The van der Waals surface area contributed by atoms with Crippen LogP contribution in [0, 0.1) is 0 Å². The molecule has 5 heteroatoms.